The lowest BCUT2D eigenvalue weighted by Gasteiger charge is -2.29. The lowest BCUT2D eigenvalue weighted by atomic mass is 9.95. The van der Waals surface area contributed by atoms with E-state index in [0.29, 0.717) is 28.6 Å². The van der Waals surface area contributed by atoms with Crippen LogP contribution in [0.5, 0.6) is 0 Å². The normalized spacial score (nSPS) is 13.6. The molecule has 2 amide bonds. The molecule has 28 heavy (non-hydrogen) atoms. The first kappa shape index (κ1) is 18.6. The molecular formula is C21H20FN3O2S. The molecule has 0 bridgehead atoms. The van der Waals surface area contributed by atoms with Crippen molar-refractivity contribution in [2.75, 3.05) is 17.2 Å². The van der Waals surface area contributed by atoms with Crippen molar-refractivity contribution in [2.24, 2.45) is 5.73 Å². The Labute approximate surface area is 166 Å². The van der Waals surface area contributed by atoms with E-state index in [0.717, 1.165) is 27.6 Å². The highest BCUT2D eigenvalue weighted by atomic mass is 32.2. The van der Waals surface area contributed by atoms with Gasteiger partial charge < -0.3 is 15.6 Å². The number of rotatable bonds is 2. The summed E-state index contributed by atoms with van der Waals surface area (Å²) in [5.41, 5.74) is 9.82. The molecule has 7 heteroatoms. The number of carbonyl (C=O) groups is 2. The number of halogens is 1. The lowest BCUT2D eigenvalue weighted by molar-refractivity contribution is -0.116. The van der Waals surface area contributed by atoms with E-state index < -0.39 is 11.7 Å². The number of hydrogen-bond donors (Lipinski definition) is 2. The molecule has 1 aliphatic rings. The molecule has 4 rings (SSSR count). The third-order valence-electron chi connectivity index (χ3n) is 5.29. The van der Waals surface area contributed by atoms with Crippen molar-refractivity contribution in [1.29, 1.82) is 0 Å². The Balaban J connectivity index is 2.08. The van der Waals surface area contributed by atoms with Crippen LogP contribution in [0, 0.1) is 19.7 Å². The summed E-state index contributed by atoms with van der Waals surface area (Å²) in [6, 6.07) is 6.77. The average Bonchev–Trinajstić information content (AvgIpc) is 2.95. The van der Waals surface area contributed by atoms with Gasteiger partial charge in [-0.1, -0.05) is 12.1 Å². The number of amides is 2. The third-order valence-corrected chi connectivity index (χ3v) is 6.39. The number of aromatic nitrogens is 1. The van der Waals surface area contributed by atoms with Crippen LogP contribution in [-0.4, -0.2) is 29.1 Å². The largest absolute Gasteiger partial charge is 0.366 e. The van der Waals surface area contributed by atoms with E-state index in [4.69, 9.17) is 5.73 Å². The van der Waals surface area contributed by atoms with Gasteiger partial charge in [-0.05, 0) is 31.5 Å². The second-order valence-corrected chi connectivity index (χ2v) is 8.05. The average molecular weight is 397 g/mol. The molecule has 3 aromatic rings. The zero-order valence-corrected chi connectivity index (χ0v) is 16.7. The summed E-state index contributed by atoms with van der Waals surface area (Å²) in [6.45, 7) is 5.94. The number of thioether (sulfide) groups is 1. The molecule has 2 heterocycles. The highest BCUT2D eigenvalue weighted by Crippen LogP contribution is 2.46. The van der Waals surface area contributed by atoms with Gasteiger partial charge in [-0.25, -0.2) is 4.39 Å². The minimum Gasteiger partial charge on any atom is -0.366 e. The van der Waals surface area contributed by atoms with Crippen LogP contribution in [0.4, 0.5) is 10.1 Å². The zero-order chi connectivity index (χ0) is 20.2. The van der Waals surface area contributed by atoms with Gasteiger partial charge in [0.25, 0.3) is 5.91 Å². The van der Waals surface area contributed by atoms with E-state index in [1.54, 1.807) is 16.7 Å². The minimum atomic E-state index is -0.677. The van der Waals surface area contributed by atoms with Crippen molar-refractivity contribution in [1.82, 2.24) is 4.98 Å². The quantitative estimate of drug-likeness (QED) is 0.682. The fraction of sp³-hybridized carbons (Fsp3) is 0.238. The van der Waals surface area contributed by atoms with Crippen molar-refractivity contribution < 1.29 is 14.0 Å². The standard InChI is InChI=1S/C21H20FN3O2S/c1-10-11(2)24-19-14(21(23)27)9-15(22)18(17(10)19)13-5-4-6-16-20(13)28-8-7-25(16)12(3)26/h4-6,9,24H,7-8H2,1-3H3,(H2,23,27). The van der Waals surface area contributed by atoms with Gasteiger partial charge in [0, 0.05) is 46.3 Å². The Morgan fingerprint density at radius 1 is 1.29 bits per heavy atom. The molecule has 0 saturated carbocycles. The molecule has 0 saturated heterocycles. The Morgan fingerprint density at radius 2 is 2.04 bits per heavy atom. The van der Waals surface area contributed by atoms with Crippen LogP contribution in [0.3, 0.4) is 0 Å². The first-order chi connectivity index (χ1) is 13.3. The lowest BCUT2D eigenvalue weighted by Crippen LogP contribution is -2.33. The highest BCUT2D eigenvalue weighted by Gasteiger charge is 2.27. The maximum Gasteiger partial charge on any atom is 0.250 e. The molecule has 0 unspecified atom stereocenters. The van der Waals surface area contributed by atoms with Crippen molar-refractivity contribution in [2.45, 2.75) is 25.7 Å². The van der Waals surface area contributed by atoms with Gasteiger partial charge in [-0.15, -0.1) is 11.8 Å². The summed E-state index contributed by atoms with van der Waals surface area (Å²) in [6.07, 6.45) is 0. The molecule has 2 aromatic carbocycles. The number of carbonyl (C=O) groups excluding carboxylic acids is 2. The maximum atomic E-state index is 15.3. The maximum absolute atomic E-state index is 15.3. The Hall–Kier alpha value is -2.80. The Bertz CT molecular complexity index is 1150. The first-order valence-corrected chi connectivity index (χ1v) is 9.95. The molecule has 0 fully saturated rings. The molecule has 1 aliphatic heterocycles. The van der Waals surface area contributed by atoms with Crippen LogP contribution < -0.4 is 10.6 Å². The molecule has 3 N–H and O–H groups in total. The van der Waals surface area contributed by atoms with Gasteiger partial charge in [-0.2, -0.15) is 0 Å². The van der Waals surface area contributed by atoms with Crippen molar-refractivity contribution >= 4 is 40.2 Å². The molecule has 1 aromatic heterocycles. The van der Waals surface area contributed by atoms with E-state index in [1.807, 2.05) is 32.0 Å². The van der Waals surface area contributed by atoms with Crippen LogP contribution in [-0.2, 0) is 4.79 Å². The number of H-pyrrole nitrogens is 1. The van der Waals surface area contributed by atoms with Crippen LogP contribution in [0.15, 0.2) is 29.2 Å². The van der Waals surface area contributed by atoms with Crippen LogP contribution in [0.2, 0.25) is 0 Å². The fourth-order valence-electron chi connectivity index (χ4n) is 3.85. The monoisotopic (exact) mass is 397 g/mol. The number of benzene rings is 2. The Morgan fingerprint density at radius 3 is 2.71 bits per heavy atom. The molecule has 0 atom stereocenters. The second-order valence-electron chi connectivity index (χ2n) is 6.94. The van der Waals surface area contributed by atoms with Gasteiger partial charge in [0.2, 0.25) is 5.91 Å². The number of primary amides is 1. The van der Waals surface area contributed by atoms with Crippen LogP contribution in [0.25, 0.3) is 22.0 Å². The fourth-order valence-corrected chi connectivity index (χ4v) is 4.98. The SMILES string of the molecule is CC(=O)N1CCSc2c(-c3c(F)cc(C(N)=O)c4[nH]c(C)c(C)c34)cccc21. The molecule has 0 radical (unpaired) electrons. The van der Waals surface area contributed by atoms with E-state index in [9.17, 15) is 9.59 Å². The van der Waals surface area contributed by atoms with Crippen LogP contribution in [0.1, 0.15) is 28.5 Å². The number of hydrogen-bond acceptors (Lipinski definition) is 3. The number of fused-ring (bicyclic) bond motifs is 2. The van der Waals surface area contributed by atoms with Crippen molar-refractivity contribution in [3.63, 3.8) is 0 Å². The molecule has 0 spiro atoms. The first-order valence-electron chi connectivity index (χ1n) is 8.96. The highest BCUT2D eigenvalue weighted by molar-refractivity contribution is 7.99. The second kappa shape index (κ2) is 6.67. The van der Waals surface area contributed by atoms with Crippen LogP contribution >= 0.6 is 11.8 Å². The number of nitrogens with zero attached hydrogens (tertiary/aromatic N) is 1. The Kier molecular flexibility index (Phi) is 4.42. The van der Waals surface area contributed by atoms with Gasteiger partial charge >= 0.3 is 0 Å². The number of nitrogens with one attached hydrogen (secondary N) is 1. The molecule has 5 nitrogen and oxygen atoms in total. The summed E-state index contributed by atoms with van der Waals surface area (Å²) < 4.78 is 15.3. The smallest absolute Gasteiger partial charge is 0.250 e. The molecule has 0 aliphatic carbocycles. The van der Waals surface area contributed by atoms with E-state index >= 15 is 4.39 Å². The number of anilines is 1. The van der Waals surface area contributed by atoms with Gasteiger partial charge in [0.05, 0.1) is 16.8 Å². The summed E-state index contributed by atoms with van der Waals surface area (Å²) in [7, 11) is 0. The zero-order valence-electron chi connectivity index (χ0n) is 15.9. The van der Waals surface area contributed by atoms with Crippen molar-refractivity contribution in [3.05, 3.63) is 46.9 Å². The van der Waals surface area contributed by atoms with Gasteiger partial charge in [0.15, 0.2) is 0 Å². The van der Waals surface area contributed by atoms with Gasteiger partial charge in [-0.3, -0.25) is 9.59 Å². The summed E-state index contributed by atoms with van der Waals surface area (Å²) in [5.74, 6) is -0.484. The van der Waals surface area contributed by atoms with Gasteiger partial charge in [0.1, 0.15) is 5.82 Å². The molecule has 144 valence electrons. The number of aryl methyl sites for hydroxylation is 2. The topological polar surface area (TPSA) is 79.2 Å². The van der Waals surface area contributed by atoms with E-state index in [1.165, 1.54) is 13.0 Å². The number of aromatic amines is 1. The van der Waals surface area contributed by atoms with E-state index in [-0.39, 0.29) is 11.5 Å². The third kappa shape index (κ3) is 2.69. The molecular weight excluding hydrogens is 377 g/mol. The summed E-state index contributed by atoms with van der Waals surface area (Å²) in [5, 5.41) is 0.653. The van der Waals surface area contributed by atoms with E-state index in [2.05, 4.69) is 4.98 Å². The summed E-state index contributed by atoms with van der Waals surface area (Å²) >= 11 is 1.61. The number of nitrogens with two attached hydrogens (primary N) is 1. The predicted octanol–water partition coefficient (Wildman–Crippen LogP) is 4.15. The summed E-state index contributed by atoms with van der Waals surface area (Å²) in [4.78, 5) is 29.7. The minimum absolute atomic E-state index is 0.0398. The predicted molar refractivity (Wildman–Crippen MR) is 110 cm³/mol. The van der Waals surface area contributed by atoms with Crippen molar-refractivity contribution in [3.8, 4) is 11.1 Å².